The second-order valence-corrected chi connectivity index (χ2v) is 14.8. The summed E-state index contributed by atoms with van der Waals surface area (Å²) in [6.07, 6.45) is 3.41. The van der Waals surface area contributed by atoms with E-state index in [2.05, 4.69) is 34.0 Å². The number of fused-ring (bicyclic) bond motifs is 1. The zero-order valence-corrected chi connectivity index (χ0v) is 30.9. The van der Waals surface area contributed by atoms with Crippen LogP contribution in [0.3, 0.4) is 0 Å². The summed E-state index contributed by atoms with van der Waals surface area (Å²) < 4.78 is 18.0. The molecule has 2 aromatic carbocycles. The third kappa shape index (κ3) is 7.26. The average Bonchev–Trinajstić information content (AvgIpc) is 3.75. The summed E-state index contributed by atoms with van der Waals surface area (Å²) in [7, 11) is 0. The summed E-state index contributed by atoms with van der Waals surface area (Å²) in [5.41, 5.74) is 0.275. The number of likely N-dealkylation sites (tertiary alicyclic amines) is 1. The molecule has 4 aliphatic rings. The predicted molar refractivity (Wildman–Crippen MR) is 198 cm³/mol. The van der Waals surface area contributed by atoms with E-state index in [-0.39, 0.29) is 42.2 Å². The van der Waals surface area contributed by atoms with Gasteiger partial charge in [-0.25, -0.2) is 0 Å². The Balaban J connectivity index is 1.38. The van der Waals surface area contributed by atoms with Crippen LogP contribution in [0.25, 0.3) is 0 Å². The van der Waals surface area contributed by atoms with Gasteiger partial charge in [0.25, 0.3) is 0 Å². The van der Waals surface area contributed by atoms with E-state index in [4.69, 9.17) is 14.2 Å². The fourth-order valence-corrected chi connectivity index (χ4v) is 9.33. The molecule has 274 valence electrons. The Kier molecular flexibility index (Phi) is 12.0. The highest BCUT2D eigenvalue weighted by molar-refractivity contribution is 9.09. The Morgan fingerprint density at radius 2 is 1.78 bits per heavy atom. The summed E-state index contributed by atoms with van der Waals surface area (Å²) in [6, 6.07) is 15.1. The van der Waals surface area contributed by atoms with Gasteiger partial charge in [0, 0.05) is 49.8 Å². The standard InChI is InChI=1S/C39H49BrN4O7/c1-4-16-42(19-18-41-20-22-49-23-21-41)38(48)35-39-25-31(40)34(51-39)32(36(46)43(17-5-2)28-12-14-30(15-13-28)50-6-3)33(39)37(47)44(35)29(26-45)24-27-10-8-7-9-11-27/h4-5,7-15,29,31-35,45H,1-2,6,16-26H2,3H3/t29-,31?,32-,33+,34-,35?,39?/m1/s1. The van der Waals surface area contributed by atoms with Gasteiger partial charge in [0.15, 0.2) is 0 Å². The van der Waals surface area contributed by atoms with Crippen LogP contribution >= 0.6 is 15.9 Å². The van der Waals surface area contributed by atoms with Gasteiger partial charge in [-0.05, 0) is 49.6 Å². The normalized spacial score (nSPS) is 27.5. The molecule has 7 atom stereocenters. The van der Waals surface area contributed by atoms with Gasteiger partial charge < -0.3 is 34.0 Å². The van der Waals surface area contributed by atoms with Gasteiger partial charge in [-0.2, -0.15) is 0 Å². The Labute approximate surface area is 308 Å². The van der Waals surface area contributed by atoms with E-state index in [1.54, 1.807) is 26.9 Å². The van der Waals surface area contributed by atoms with Crippen molar-refractivity contribution in [2.75, 3.05) is 70.6 Å². The highest BCUT2D eigenvalue weighted by Gasteiger charge is 2.77. The molecule has 6 rings (SSSR count). The number of nitrogens with zero attached hydrogens (tertiary/aromatic N) is 4. The molecular formula is C39H49BrN4O7. The molecule has 0 saturated carbocycles. The van der Waals surface area contributed by atoms with Gasteiger partial charge >= 0.3 is 0 Å². The van der Waals surface area contributed by atoms with Crippen LogP contribution < -0.4 is 9.64 Å². The molecule has 3 amide bonds. The van der Waals surface area contributed by atoms with Gasteiger partial charge in [0.05, 0.1) is 50.4 Å². The number of rotatable bonds is 16. The third-order valence-corrected chi connectivity index (χ3v) is 11.5. The number of hydrogen-bond acceptors (Lipinski definition) is 8. The summed E-state index contributed by atoms with van der Waals surface area (Å²) in [6.45, 7) is 14.3. The first-order valence-corrected chi connectivity index (χ1v) is 18.8. The van der Waals surface area contributed by atoms with Gasteiger partial charge in [0.1, 0.15) is 17.4 Å². The second kappa shape index (κ2) is 16.4. The van der Waals surface area contributed by atoms with Crippen LogP contribution in [0.2, 0.25) is 0 Å². The minimum absolute atomic E-state index is 0.213. The summed E-state index contributed by atoms with van der Waals surface area (Å²) in [4.78, 5) is 51.7. The number of alkyl halides is 1. The summed E-state index contributed by atoms with van der Waals surface area (Å²) >= 11 is 3.81. The smallest absolute Gasteiger partial charge is 0.248 e. The minimum Gasteiger partial charge on any atom is -0.494 e. The fraction of sp³-hybridized carbons (Fsp3) is 0.513. The molecule has 3 unspecified atom stereocenters. The second-order valence-electron chi connectivity index (χ2n) is 13.6. The van der Waals surface area contributed by atoms with Crippen molar-refractivity contribution in [1.29, 1.82) is 0 Å². The number of halogens is 1. The Hall–Kier alpha value is -3.55. The highest BCUT2D eigenvalue weighted by atomic mass is 79.9. The van der Waals surface area contributed by atoms with Crippen molar-refractivity contribution in [3.8, 4) is 5.75 Å². The highest BCUT2D eigenvalue weighted by Crippen LogP contribution is 2.61. The van der Waals surface area contributed by atoms with Gasteiger partial charge in [-0.1, -0.05) is 58.4 Å². The van der Waals surface area contributed by atoms with Gasteiger partial charge in [0.2, 0.25) is 17.7 Å². The first-order chi connectivity index (χ1) is 24.8. The van der Waals surface area contributed by atoms with Gasteiger partial charge in [-0.3, -0.25) is 19.3 Å². The first kappa shape index (κ1) is 37.2. The molecule has 4 saturated heterocycles. The Bertz CT molecular complexity index is 1550. The lowest BCUT2D eigenvalue weighted by Gasteiger charge is -2.40. The van der Waals surface area contributed by atoms with E-state index in [0.29, 0.717) is 57.2 Å². The zero-order valence-electron chi connectivity index (χ0n) is 29.3. The van der Waals surface area contributed by atoms with Crippen LogP contribution in [0.4, 0.5) is 5.69 Å². The van der Waals surface area contributed by atoms with E-state index >= 15 is 9.59 Å². The number of carbonyl (C=O) groups excluding carboxylic acids is 3. The topological polar surface area (TPSA) is 112 Å². The van der Waals surface area contributed by atoms with Crippen molar-refractivity contribution in [3.63, 3.8) is 0 Å². The molecule has 0 aliphatic carbocycles. The molecule has 1 N–H and O–H groups in total. The average molecular weight is 766 g/mol. The molecule has 2 bridgehead atoms. The number of aliphatic hydroxyl groups excluding tert-OH is 1. The summed E-state index contributed by atoms with van der Waals surface area (Å²) in [5.74, 6) is -2.01. The van der Waals surface area contributed by atoms with Crippen molar-refractivity contribution < 1.29 is 33.7 Å². The molecule has 0 radical (unpaired) electrons. The van der Waals surface area contributed by atoms with Crippen LogP contribution in [0, 0.1) is 11.8 Å². The number of aliphatic hydroxyl groups is 1. The molecule has 4 fully saturated rings. The van der Waals surface area contributed by atoms with Crippen molar-refractivity contribution in [1.82, 2.24) is 14.7 Å². The number of hydrogen-bond donors (Lipinski definition) is 1. The number of anilines is 1. The lowest BCUT2D eigenvalue weighted by Crippen LogP contribution is -2.60. The summed E-state index contributed by atoms with van der Waals surface area (Å²) in [5, 5.41) is 10.9. The minimum atomic E-state index is -1.28. The molecule has 0 aromatic heterocycles. The van der Waals surface area contributed by atoms with Crippen LogP contribution in [-0.2, 0) is 30.3 Å². The number of amides is 3. The fourth-order valence-electron chi connectivity index (χ4n) is 8.39. The molecular weight excluding hydrogens is 716 g/mol. The van der Waals surface area contributed by atoms with E-state index < -0.39 is 35.6 Å². The first-order valence-electron chi connectivity index (χ1n) is 17.9. The monoisotopic (exact) mass is 764 g/mol. The molecule has 4 aliphatic heterocycles. The molecule has 4 heterocycles. The Morgan fingerprint density at radius 1 is 1.08 bits per heavy atom. The largest absolute Gasteiger partial charge is 0.494 e. The number of ether oxygens (including phenoxy) is 3. The van der Waals surface area contributed by atoms with Crippen LogP contribution in [-0.4, -0.2) is 132 Å². The quantitative estimate of drug-likeness (QED) is 0.205. The number of morpholine rings is 1. The SMILES string of the molecule is C=CCN(CCN1CCOCC1)C(=O)C1N([C@@H](CO)Cc2ccccc2)C(=O)[C@@H]2[C@@H](C(=O)N(CC=C)c3ccc(OCC)cc3)[C@@H]3OC12CC3Br. The molecule has 11 nitrogen and oxygen atoms in total. The van der Waals surface area contributed by atoms with Crippen molar-refractivity contribution in [2.24, 2.45) is 11.8 Å². The number of carbonyl (C=O) groups is 3. The number of benzene rings is 2. The van der Waals surface area contributed by atoms with E-state index in [0.717, 1.165) is 18.7 Å². The lowest BCUT2D eigenvalue weighted by atomic mass is 9.70. The van der Waals surface area contributed by atoms with E-state index in [1.165, 1.54) is 0 Å². The maximum Gasteiger partial charge on any atom is 0.248 e. The third-order valence-electron chi connectivity index (χ3n) is 10.7. The molecule has 51 heavy (non-hydrogen) atoms. The zero-order chi connectivity index (χ0) is 36.1. The lowest BCUT2D eigenvalue weighted by molar-refractivity contribution is -0.151. The van der Waals surface area contributed by atoms with Crippen molar-refractivity contribution >= 4 is 39.3 Å². The van der Waals surface area contributed by atoms with Crippen molar-refractivity contribution in [3.05, 3.63) is 85.5 Å². The Morgan fingerprint density at radius 3 is 2.43 bits per heavy atom. The van der Waals surface area contributed by atoms with Crippen LogP contribution in [0.15, 0.2) is 79.9 Å². The van der Waals surface area contributed by atoms with Crippen LogP contribution in [0.5, 0.6) is 5.75 Å². The predicted octanol–water partition coefficient (Wildman–Crippen LogP) is 3.30. The van der Waals surface area contributed by atoms with Gasteiger partial charge in [-0.15, -0.1) is 13.2 Å². The van der Waals surface area contributed by atoms with E-state index in [9.17, 15) is 9.90 Å². The van der Waals surface area contributed by atoms with Crippen molar-refractivity contribution in [2.45, 2.75) is 48.4 Å². The van der Waals surface area contributed by atoms with E-state index in [1.807, 2.05) is 61.5 Å². The molecule has 1 spiro atoms. The molecule has 12 heteroatoms. The maximum absolute atomic E-state index is 15.0. The molecule has 2 aromatic rings. The van der Waals surface area contributed by atoms with Crippen LogP contribution in [0.1, 0.15) is 18.9 Å². The maximum atomic E-state index is 15.0.